The highest BCUT2D eigenvalue weighted by atomic mass is 19.4. The maximum atomic E-state index is 12.1. The van der Waals surface area contributed by atoms with E-state index in [0.29, 0.717) is 24.1 Å². The van der Waals surface area contributed by atoms with Crippen molar-refractivity contribution in [2.75, 3.05) is 18.0 Å². The number of para-hydroxylation sites is 1. The summed E-state index contributed by atoms with van der Waals surface area (Å²) in [5.74, 6) is 0. The number of nitrogens with zero attached hydrogens (tertiary/aromatic N) is 1. The molecule has 0 aliphatic carbocycles. The minimum absolute atomic E-state index is 0.276. The van der Waals surface area contributed by atoms with Crippen LogP contribution in [0.2, 0.25) is 0 Å². The van der Waals surface area contributed by atoms with Crippen molar-refractivity contribution in [3.8, 4) is 0 Å². The van der Waals surface area contributed by atoms with E-state index in [4.69, 9.17) is 0 Å². The van der Waals surface area contributed by atoms with Gasteiger partial charge in [0.2, 0.25) is 0 Å². The summed E-state index contributed by atoms with van der Waals surface area (Å²) >= 11 is 0. The Morgan fingerprint density at radius 3 is 2.80 bits per heavy atom. The largest absolute Gasteiger partial charge is 0.405 e. The number of alkyl halides is 3. The molecule has 7 heteroatoms. The van der Waals surface area contributed by atoms with Gasteiger partial charge >= 0.3 is 12.2 Å². The minimum Gasteiger partial charge on any atom is -0.388 e. The highest BCUT2D eigenvalue weighted by Crippen LogP contribution is 2.32. The number of amides is 2. The van der Waals surface area contributed by atoms with Gasteiger partial charge in [0.25, 0.3) is 0 Å². The van der Waals surface area contributed by atoms with E-state index < -0.39 is 24.9 Å². The predicted octanol–water partition coefficient (Wildman–Crippen LogP) is 2.59. The van der Waals surface area contributed by atoms with E-state index in [-0.39, 0.29) is 6.54 Å². The van der Waals surface area contributed by atoms with Crippen molar-refractivity contribution in [3.05, 3.63) is 29.8 Å². The fourth-order valence-corrected chi connectivity index (χ4v) is 2.22. The summed E-state index contributed by atoms with van der Waals surface area (Å²) in [6.07, 6.45) is -4.15. The molecule has 0 aromatic heterocycles. The molecule has 0 saturated heterocycles. The molecule has 1 aliphatic rings. The van der Waals surface area contributed by atoms with Gasteiger partial charge in [0.1, 0.15) is 6.54 Å². The Bertz CT molecular complexity index is 491. The molecule has 0 bridgehead atoms. The Labute approximate surface area is 114 Å². The van der Waals surface area contributed by atoms with E-state index in [9.17, 15) is 23.1 Å². The normalized spacial score (nSPS) is 19.2. The fraction of sp³-hybridized carbons (Fsp3) is 0.462. The molecule has 1 atom stereocenters. The van der Waals surface area contributed by atoms with Crippen molar-refractivity contribution >= 4 is 11.7 Å². The van der Waals surface area contributed by atoms with Gasteiger partial charge in [-0.25, -0.2) is 4.79 Å². The van der Waals surface area contributed by atoms with E-state index in [2.05, 4.69) is 0 Å². The van der Waals surface area contributed by atoms with Crippen LogP contribution >= 0.6 is 0 Å². The number of aliphatic hydroxyl groups is 1. The van der Waals surface area contributed by atoms with E-state index in [1.54, 1.807) is 24.3 Å². The lowest BCUT2D eigenvalue weighted by molar-refractivity contribution is -0.122. The lowest BCUT2D eigenvalue weighted by Crippen LogP contribution is -2.44. The molecule has 0 fully saturated rings. The highest BCUT2D eigenvalue weighted by molar-refractivity contribution is 5.93. The van der Waals surface area contributed by atoms with Crippen molar-refractivity contribution in [1.29, 1.82) is 0 Å². The monoisotopic (exact) mass is 288 g/mol. The molecule has 110 valence electrons. The lowest BCUT2D eigenvalue weighted by atomic mass is 10.0. The molecular formula is C13H15F3N2O2. The topological polar surface area (TPSA) is 52.6 Å². The Kier molecular flexibility index (Phi) is 4.17. The number of rotatable bonds is 1. The lowest BCUT2D eigenvalue weighted by Gasteiger charge is -2.23. The molecule has 20 heavy (non-hydrogen) atoms. The average molecular weight is 288 g/mol. The number of hydrogen-bond acceptors (Lipinski definition) is 2. The second-order valence-corrected chi connectivity index (χ2v) is 4.64. The number of anilines is 1. The van der Waals surface area contributed by atoms with Gasteiger partial charge < -0.3 is 10.4 Å². The number of halogens is 3. The molecule has 0 spiro atoms. The number of aliphatic hydroxyl groups excluding tert-OH is 1. The number of carbonyl (C=O) groups is 1. The van der Waals surface area contributed by atoms with Gasteiger partial charge in [-0.3, -0.25) is 4.90 Å². The number of benzene rings is 1. The third kappa shape index (κ3) is 3.41. The molecule has 0 saturated carbocycles. The first kappa shape index (κ1) is 14.6. The number of nitrogens with one attached hydrogen (secondary N) is 1. The second kappa shape index (κ2) is 5.70. The summed E-state index contributed by atoms with van der Waals surface area (Å²) in [6, 6.07) is 5.90. The maximum absolute atomic E-state index is 12.1. The zero-order valence-corrected chi connectivity index (χ0v) is 10.7. The van der Waals surface area contributed by atoms with Gasteiger partial charge in [0.05, 0.1) is 11.8 Å². The molecular weight excluding hydrogens is 273 g/mol. The number of fused-ring (bicyclic) bond motifs is 1. The summed E-state index contributed by atoms with van der Waals surface area (Å²) in [5.41, 5.74) is 1.02. The fourth-order valence-electron chi connectivity index (χ4n) is 2.22. The van der Waals surface area contributed by atoms with Crippen molar-refractivity contribution < 1.29 is 23.1 Å². The molecule has 4 nitrogen and oxygen atoms in total. The molecule has 1 aromatic carbocycles. The SMILES string of the molecule is O=C(NCC(F)(F)F)N1CCCC(O)c2ccccc21. The standard InChI is InChI=1S/C13H15F3N2O2/c14-13(15,16)8-17-12(20)18-7-3-6-11(19)9-4-1-2-5-10(9)18/h1-2,4-5,11,19H,3,6-8H2,(H,17,20). The zero-order chi connectivity index (χ0) is 14.8. The van der Waals surface area contributed by atoms with E-state index >= 15 is 0 Å². The van der Waals surface area contributed by atoms with Crippen LogP contribution in [0.15, 0.2) is 24.3 Å². The molecule has 2 amide bonds. The summed E-state index contributed by atoms with van der Waals surface area (Å²) in [6.45, 7) is -1.09. The van der Waals surface area contributed by atoms with Gasteiger partial charge in [-0.05, 0) is 18.9 Å². The van der Waals surface area contributed by atoms with Crippen molar-refractivity contribution in [2.24, 2.45) is 0 Å². The van der Waals surface area contributed by atoms with Gasteiger partial charge in [-0.2, -0.15) is 13.2 Å². The summed E-state index contributed by atoms with van der Waals surface area (Å²) in [5, 5.41) is 11.8. The van der Waals surface area contributed by atoms with Crippen LogP contribution in [0.5, 0.6) is 0 Å². The Balaban J connectivity index is 2.19. The van der Waals surface area contributed by atoms with E-state index in [1.165, 1.54) is 4.90 Å². The first-order valence-electron chi connectivity index (χ1n) is 6.27. The third-order valence-corrected chi connectivity index (χ3v) is 3.13. The molecule has 0 radical (unpaired) electrons. The Morgan fingerprint density at radius 2 is 2.10 bits per heavy atom. The van der Waals surface area contributed by atoms with Crippen LogP contribution in [0.4, 0.5) is 23.7 Å². The Morgan fingerprint density at radius 1 is 1.40 bits per heavy atom. The van der Waals surface area contributed by atoms with Crippen molar-refractivity contribution in [2.45, 2.75) is 25.1 Å². The van der Waals surface area contributed by atoms with Crippen LogP contribution in [0.25, 0.3) is 0 Å². The summed E-state index contributed by atoms with van der Waals surface area (Å²) < 4.78 is 36.4. The molecule has 2 rings (SSSR count). The summed E-state index contributed by atoms with van der Waals surface area (Å²) in [4.78, 5) is 13.1. The minimum atomic E-state index is -4.44. The van der Waals surface area contributed by atoms with Gasteiger partial charge in [0, 0.05) is 12.1 Å². The maximum Gasteiger partial charge on any atom is 0.405 e. The van der Waals surface area contributed by atoms with Crippen LogP contribution in [-0.4, -0.2) is 30.4 Å². The summed E-state index contributed by atoms with van der Waals surface area (Å²) in [7, 11) is 0. The van der Waals surface area contributed by atoms with Crippen LogP contribution in [-0.2, 0) is 0 Å². The quantitative estimate of drug-likeness (QED) is 0.834. The molecule has 1 heterocycles. The first-order valence-corrected chi connectivity index (χ1v) is 6.27. The number of hydrogen-bond donors (Lipinski definition) is 2. The van der Waals surface area contributed by atoms with Gasteiger partial charge in [0.15, 0.2) is 0 Å². The molecule has 2 N–H and O–H groups in total. The highest BCUT2D eigenvalue weighted by Gasteiger charge is 2.30. The van der Waals surface area contributed by atoms with Gasteiger partial charge in [-0.1, -0.05) is 18.2 Å². The second-order valence-electron chi connectivity index (χ2n) is 4.64. The average Bonchev–Trinajstić information content (AvgIpc) is 2.55. The van der Waals surface area contributed by atoms with Crippen LogP contribution in [0.3, 0.4) is 0 Å². The first-order chi connectivity index (χ1) is 9.38. The predicted molar refractivity (Wildman–Crippen MR) is 67.4 cm³/mol. The van der Waals surface area contributed by atoms with Crippen LogP contribution in [0, 0.1) is 0 Å². The van der Waals surface area contributed by atoms with E-state index in [0.717, 1.165) is 0 Å². The van der Waals surface area contributed by atoms with Crippen molar-refractivity contribution in [3.63, 3.8) is 0 Å². The third-order valence-electron chi connectivity index (χ3n) is 3.13. The van der Waals surface area contributed by atoms with Gasteiger partial charge in [-0.15, -0.1) is 0 Å². The molecule has 1 aliphatic heterocycles. The number of carbonyl (C=O) groups excluding carboxylic acids is 1. The smallest absolute Gasteiger partial charge is 0.388 e. The van der Waals surface area contributed by atoms with Crippen molar-refractivity contribution in [1.82, 2.24) is 5.32 Å². The van der Waals surface area contributed by atoms with E-state index in [1.807, 2.05) is 5.32 Å². The zero-order valence-electron chi connectivity index (χ0n) is 10.7. The van der Waals surface area contributed by atoms with Crippen LogP contribution in [0.1, 0.15) is 24.5 Å². The molecule has 1 unspecified atom stereocenters. The van der Waals surface area contributed by atoms with Crippen LogP contribution < -0.4 is 10.2 Å². The Hall–Kier alpha value is -1.76. The molecule has 1 aromatic rings. The number of urea groups is 1.